The van der Waals surface area contributed by atoms with Crippen molar-refractivity contribution in [3.63, 3.8) is 0 Å². The quantitative estimate of drug-likeness (QED) is 0.269. The molecular formula is C29H27ClN2O5S. The van der Waals surface area contributed by atoms with Crippen molar-refractivity contribution in [2.45, 2.75) is 24.7 Å². The maximum Gasteiger partial charge on any atom is 0.243 e. The smallest absolute Gasteiger partial charge is 0.243 e. The van der Waals surface area contributed by atoms with Crippen LogP contribution in [0.4, 0.5) is 5.69 Å². The maximum absolute atomic E-state index is 13.3. The number of halogens is 1. The van der Waals surface area contributed by atoms with Crippen LogP contribution in [0.15, 0.2) is 82.1 Å². The van der Waals surface area contributed by atoms with Crippen LogP contribution in [-0.4, -0.2) is 43.9 Å². The van der Waals surface area contributed by atoms with Crippen molar-refractivity contribution in [3.8, 4) is 0 Å². The summed E-state index contributed by atoms with van der Waals surface area (Å²) in [6.07, 6.45) is 1.82. The number of carbonyl (C=O) groups is 2. The van der Waals surface area contributed by atoms with Crippen molar-refractivity contribution < 1.29 is 22.4 Å². The fourth-order valence-electron chi connectivity index (χ4n) is 4.73. The normalized spacial score (nSPS) is 16.4. The van der Waals surface area contributed by atoms with E-state index in [1.165, 1.54) is 16.4 Å². The van der Waals surface area contributed by atoms with E-state index >= 15 is 0 Å². The Hall–Kier alpha value is -3.46. The number of piperidine rings is 1. The second-order valence-electron chi connectivity index (χ2n) is 9.55. The number of furan rings is 1. The van der Waals surface area contributed by atoms with Gasteiger partial charge in [-0.1, -0.05) is 42.8 Å². The van der Waals surface area contributed by atoms with Gasteiger partial charge in [0.1, 0.15) is 5.58 Å². The summed E-state index contributed by atoms with van der Waals surface area (Å²) < 4.78 is 33.8. The molecule has 9 heteroatoms. The Bertz CT molecular complexity index is 1610. The Balaban J connectivity index is 1.39. The van der Waals surface area contributed by atoms with Crippen LogP contribution in [0.2, 0.25) is 5.02 Å². The van der Waals surface area contributed by atoms with Crippen LogP contribution in [0.25, 0.3) is 11.0 Å². The third-order valence-corrected chi connectivity index (χ3v) is 8.86. The molecule has 0 amide bonds. The highest BCUT2D eigenvalue weighted by atomic mass is 35.5. The summed E-state index contributed by atoms with van der Waals surface area (Å²) >= 11 is 5.97. The summed E-state index contributed by atoms with van der Waals surface area (Å²) in [6, 6.07) is 19.8. The first-order chi connectivity index (χ1) is 18.2. The Morgan fingerprint density at radius 3 is 2.55 bits per heavy atom. The number of hydrogen-bond donors (Lipinski definition) is 1. The summed E-state index contributed by atoms with van der Waals surface area (Å²) in [5, 5.41) is 4.24. The van der Waals surface area contributed by atoms with Crippen LogP contribution in [0.1, 0.15) is 46.2 Å². The molecule has 3 aromatic carbocycles. The summed E-state index contributed by atoms with van der Waals surface area (Å²) in [4.78, 5) is 26.5. The zero-order valence-corrected chi connectivity index (χ0v) is 22.4. The third-order valence-electron chi connectivity index (χ3n) is 6.75. The van der Waals surface area contributed by atoms with E-state index in [0.717, 1.165) is 12.8 Å². The average Bonchev–Trinajstić information content (AvgIpc) is 3.30. The van der Waals surface area contributed by atoms with E-state index in [2.05, 4.69) is 5.32 Å². The molecule has 0 spiro atoms. The molecule has 1 fully saturated rings. The second-order valence-corrected chi connectivity index (χ2v) is 11.9. The van der Waals surface area contributed by atoms with Crippen molar-refractivity contribution in [2.75, 3.05) is 25.0 Å². The van der Waals surface area contributed by atoms with Gasteiger partial charge in [-0.05, 0) is 67.3 Å². The summed E-state index contributed by atoms with van der Waals surface area (Å²) in [6.45, 7) is 2.83. The lowest BCUT2D eigenvalue weighted by Gasteiger charge is -2.30. The molecule has 0 bridgehead atoms. The summed E-state index contributed by atoms with van der Waals surface area (Å²) in [7, 11) is -3.70. The van der Waals surface area contributed by atoms with E-state index in [0.29, 0.717) is 46.3 Å². The molecule has 1 N–H and O–H groups in total. The first-order valence-electron chi connectivity index (χ1n) is 12.4. The number of hydrogen-bond acceptors (Lipinski definition) is 6. The molecule has 0 radical (unpaired) electrons. The number of rotatable bonds is 8. The van der Waals surface area contributed by atoms with E-state index in [1.807, 2.05) is 13.0 Å². The van der Waals surface area contributed by atoms with Crippen molar-refractivity contribution >= 4 is 49.8 Å². The van der Waals surface area contributed by atoms with Gasteiger partial charge < -0.3 is 9.73 Å². The van der Waals surface area contributed by atoms with E-state index in [-0.39, 0.29) is 34.3 Å². The van der Waals surface area contributed by atoms with Gasteiger partial charge in [0.25, 0.3) is 0 Å². The first kappa shape index (κ1) is 26.2. The van der Waals surface area contributed by atoms with Crippen LogP contribution in [0.3, 0.4) is 0 Å². The zero-order chi connectivity index (χ0) is 26.9. The highest BCUT2D eigenvalue weighted by Gasteiger charge is 2.29. The molecule has 1 unspecified atom stereocenters. The molecule has 0 saturated carbocycles. The molecule has 38 heavy (non-hydrogen) atoms. The Kier molecular flexibility index (Phi) is 7.38. The fourth-order valence-corrected chi connectivity index (χ4v) is 6.50. The minimum Gasteiger partial charge on any atom is -0.450 e. The number of carbonyl (C=O) groups excluding carboxylic acids is 2. The minimum absolute atomic E-state index is 0.0804. The fraction of sp³-hybridized carbons (Fsp3) is 0.241. The number of benzene rings is 3. The molecule has 1 saturated heterocycles. The molecular weight excluding hydrogens is 524 g/mol. The molecule has 196 valence electrons. The van der Waals surface area contributed by atoms with Gasteiger partial charge in [0, 0.05) is 34.6 Å². The SMILES string of the molecule is CC1CCCN(S(=O)(=O)c2cccc(C(=O)CNc3c(C(=O)c4ccc(Cl)cc4)oc4ccccc34)c2)C1. The van der Waals surface area contributed by atoms with Gasteiger partial charge in [0.2, 0.25) is 15.8 Å². The number of para-hydroxylation sites is 1. The third kappa shape index (κ3) is 5.25. The van der Waals surface area contributed by atoms with Gasteiger partial charge in [-0.25, -0.2) is 8.42 Å². The largest absolute Gasteiger partial charge is 0.450 e. The van der Waals surface area contributed by atoms with E-state index in [4.69, 9.17) is 16.0 Å². The van der Waals surface area contributed by atoms with Crippen LogP contribution in [-0.2, 0) is 10.0 Å². The number of Topliss-reactive ketones (excluding diaryl/α,β-unsaturated/α-hetero) is 1. The van der Waals surface area contributed by atoms with Crippen molar-refractivity contribution in [1.29, 1.82) is 0 Å². The minimum atomic E-state index is -3.70. The number of fused-ring (bicyclic) bond motifs is 1. The zero-order valence-electron chi connectivity index (χ0n) is 20.8. The van der Waals surface area contributed by atoms with E-state index < -0.39 is 10.0 Å². The van der Waals surface area contributed by atoms with Crippen molar-refractivity contribution in [2.24, 2.45) is 5.92 Å². The lowest BCUT2D eigenvalue weighted by Crippen LogP contribution is -2.39. The van der Waals surface area contributed by atoms with Gasteiger partial charge in [0.15, 0.2) is 11.5 Å². The number of anilines is 1. The molecule has 1 aliphatic heterocycles. The molecule has 5 rings (SSSR count). The number of sulfonamides is 1. The van der Waals surface area contributed by atoms with Crippen LogP contribution in [0.5, 0.6) is 0 Å². The van der Waals surface area contributed by atoms with E-state index in [9.17, 15) is 18.0 Å². The summed E-state index contributed by atoms with van der Waals surface area (Å²) in [5.74, 6) is -0.292. The van der Waals surface area contributed by atoms with Gasteiger partial charge in [-0.3, -0.25) is 9.59 Å². The van der Waals surface area contributed by atoms with Gasteiger partial charge in [-0.2, -0.15) is 4.31 Å². The monoisotopic (exact) mass is 550 g/mol. The number of nitrogens with one attached hydrogen (secondary N) is 1. The van der Waals surface area contributed by atoms with E-state index in [1.54, 1.807) is 54.6 Å². The van der Waals surface area contributed by atoms with Gasteiger partial charge in [0.05, 0.1) is 17.1 Å². The standard InChI is InChI=1S/C29H27ClN2O5S/c1-19-6-5-15-32(18-19)38(35,36)23-8-4-7-21(16-23)25(33)17-31-27-24-9-2-3-10-26(24)37-29(27)28(34)20-11-13-22(30)14-12-20/h2-4,7-14,16,19,31H,5-6,15,17-18H2,1H3. The predicted molar refractivity (Wildman–Crippen MR) is 148 cm³/mol. The highest BCUT2D eigenvalue weighted by Crippen LogP contribution is 2.33. The van der Waals surface area contributed by atoms with Crippen LogP contribution >= 0.6 is 11.6 Å². The molecule has 7 nitrogen and oxygen atoms in total. The number of nitrogens with zero attached hydrogens (tertiary/aromatic N) is 1. The topological polar surface area (TPSA) is 96.7 Å². The molecule has 1 aromatic heterocycles. The summed E-state index contributed by atoms with van der Waals surface area (Å²) in [5.41, 5.74) is 1.57. The predicted octanol–water partition coefficient (Wildman–Crippen LogP) is 6.03. The molecule has 1 aliphatic rings. The average molecular weight is 551 g/mol. The van der Waals surface area contributed by atoms with Crippen molar-refractivity contribution in [1.82, 2.24) is 4.31 Å². The molecule has 4 aromatic rings. The number of ketones is 2. The molecule has 0 aliphatic carbocycles. The lowest BCUT2D eigenvalue weighted by molar-refractivity contribution is 0.0997. The Morgan fingerprint density at radius 1 is 1.03 bits per heavy atom. The Labute approximate surface area is 226 Å². The molecule has 1 atom stereocenters. The second kappa shape index (κ2) is 10.7. The van der Waals surface area contributed by atoms with Crippen LogP contribution in [0, 0.1) is 5.92 Å². The van der Waals surface area contributed by atoms with Crippen molar-refractivity contribution in [3.05, 3.63) is 94.7 Å². The highest BCUT2D eigenvalue weighted by molar-refractivity contribution is 7.89. The van der Waals surface area contributed by atoms with Crippen LogP contribution < -0.4 is 5.32 Å². The Morgan fingerprint density at radius 2 is 1.79 bits per heavy atom. The molecule has 2 heterocycles. The maximum atomic E-state index is 13.3. The van der Waals surface area contributed by atoms with Gasteiger partial charge in [-0.15, -0.1) is 0 Å². The lowest BCUT2D eigenvalue weighted by atomic mass is 10.0. The first-order valence-corrected chi connectivity index (χ1v) is 14.2. The van der Waals surface area contributed by atoms with Gasteiger partial charge >= 0.3 is 0 Å².